The quantitative estimate of drug-likeness (QED) is 0.773. The standard InChI is InChI=1S/C15H27N3OS/c1-5-15(6-2,11-16)14(19)17-10-12(18(3)4)13-8-7-9-20-13/h7-9,12H,5-6,10-11,16H2,1-4H3,(H,17,19). The Labute approximate surface area is 126 Å². The van der Waals surface area contributed by atoms with Crippen LogP contribution in [0.15, 0.2) is 17.5 Å². The molecular formula is C15H27N3OS. The third-order valence-electron chi connectivity index (χ3n) is 4.18. The van der Waals surface area contributed by atoms with Gasteiger partial charge in [-0.1, -0.05) is 19.9 Å². The topological polar surface area (TPSA) is 58.4 Å². The van der Waals surface area contributed by atoms with E-state index in [1.807, 2.05) is 34.0 Å². The van der Waals surface area contributed by atoms with Crippen LogP contribution in [0.3, 0.4) is 0 Å². The van der Waals surface area contributed by atoms with Crippen molar-refractivity contribution < 1.29 is 4.79 Å². The van der Waals surface area contributed by atoms with Crippen LogP contribution in [0, 0.1) is 5.41 Å². The van der Waals surface area contributed by atoms with Gasteiger partial charge < -0.3 is 16.0 Å². The van der Waals surface area contributed by atoms with E-state index in [1.54, 1.807) is 11.3 Å². The summed E-state index contributed by atoms with van der Waals surface area (Å²) in [6.45, 7) is 5.07. The maximum atomic E-state index is 12.4. The monoisotopic (exact) mass is 297 g/mol. The van der Waals surface area contributed by atoms with Gasteiger partial charge >= 0.3 is 0 Å². The Morgan fingerprint density at radius 2 is 2.10 bits per heavy atom. The highest BCUT2D eigenvalue weighted by molar-refractivity contribution is 7.10. The number of nitrogens with zero attached hydrogens (tertiary/aromatic N) is 1. The van der Waals surface area contributed by atoms with Gasteiger partial charge in [0.05, 0.1) is 11.5 Å². The number of carbonyl (C=O) groups is 1. The smallest absolute Gasteiger partial charge is 0.227 e. The number of likely N-dealkylation sites (N-methyl/N-ethyl adjacent to an activating group) is 1. The molecule has 0 aliphatic carbocycles. The van der Waals surface area contributed by atoms with E-state index in [4.69, 9.17) is 5.73 Å². The van der Waals surface area contributed by atoms with E-state index in [0.717, 1.165) is 12.8 Å². The molecule has 0 saturated carbocycles. The number of nitrogens with one attached hydrogen (secondary N) is 1. The van der Waals surface area contributed by atoms with Crippen LogP contribution in [-0.2, 0) is 4.79 Å². The molecule has 0 aromatic carbocycles. The summed E-state index contributed by atoms with van der Waals surface area (Å²) in [5.74, 6) is 0.0772. The Kier molecular flexibility index (Phi) is 6.65. The van der Waals surface area contributed by atoms with Crippen molar-refractivity contribution >= 4 is 17.2 Å². The molecule has 1 aromatic heterocycles. The molecule has 4 nitrogen and oxygen atoms in total. The number of nitrogens with two attached hydrogens (primary N) is 1. The zero-order chi connectivity index (χ0) is 15.2. The van der Waals surface area contributed by atoms with Crippen molar-refractivity contribution in [1.82, 2.24) is 10.2 Å². The van der Waals surface area contributed by atoms with Crippen molar-refractivity contribution in [3.63, 3.8) is 0 Å². The lowest BCUT2D eigenvalue weighted by atomic mass is 9.81. The molecule has 0 saturated heterocycles. The normalized spacial score (nSPS) is 13.5. The van der Waals surface area contributed by atoms with Gasteiger partial charge in [-0.2, -0.15) is 0 Å². The van der Waals surface area contributed by atoms with Crippen LogP contribution in [-0.4, -0.2) is 38.0 Å². The second-order valence-electron chi connectivity index (χ2n) is 5.40. The molecule has 1 amide bonds. The first-order valence-electron chi connectivity index (χ1n) is 7.19. The number of hydrogen-bond donors (Lipinski definition) is 2. The highest BCUT2D eigenvalue weighted by Gasteiger charge is 2.33. The zero-order valence-electron chi connectivity index (χ0n) is 13.0. The van der Waals surface area contributed by atoms with Crippen LogP contribution in [0.4, 0.5) is 0 Å². The number of rotatable bonds is 8. The maximum absolute atomic E-state index is 12.4. The summed E-state index contributed by atoms with van der Waals surface area (Å²) in [6.07, 6.45) is 1.55. The fourth-order valence-corrected chi connectivity index (χ4v) is 3.27. The first-order valence-corrected chi connectivity index (χ1v) is 8.07. The minimum atomic E-state index is -0.424. The molecule has 1 heterocycles. The van der Waals surface area contributed by atoms with Crippen LogP contribution in [0.2, 0.25) is 0 Å². The van der Waals surface area contributed by atoms with E-state index < -0.39 is 5.41 Å². The predicted molar refractivity (Wildman–Crippen MR) is 85.8 cm³/mol. The predicted octanol–water partition coefficient (Wildman–Crippen LogP) is 2.23. The molecule has 0 radical (unpaired) electrons. The lowest BCUT2D eigenvalue weighted by Crippen LogP contribution is -2.47. The van der Waals surface area contributed by atoms with E-state index in [-0.39, 0.29) is 11.9 Å². The van der Waals surface area contributed by atoms with E-state index in [1.165, 1.54) is 4.88 Å². The van der Waals surface area contributed by atoms with Gasteiger partial charge in [0.2, 0.25) is 5.91 Å². The molecule has 1 unspecified atom stereocenters. The van der Waals surface area contributed by atoms with E-state index in [9.17, 15) is 4.79 Å². The van der Waals surface area contributed by atoms with Gasteiger partial charge in [0.15, 0.2) is 0 Å². The molecule has 3 N–H and O–H groups in total. The number of hydrogen-bond acceptors (Lipinski definition) is 4. The van der Waals surface area contributed by atoms with Gasteiger partial charge in [-0.05, 0) is 38.4 Å². The summed E-state index contributed by atoms with van der Waals surface area (Å²) in [5.41, 5.74) is 5.40. The van der Waals surface area contributed by atoms with Crippen LogP contribution < -0.4 is 11.1 Å². The number of thiophene rings is 1. The van der Waals surface area contributed by atoms with E-state index in [2.05, 4.69) is 21.7 Å². The second kappa shape index (κ2) is 7.76. The molecule has 0 aliphatic heterocycles. The number of amides is 1. The van der Waals surface area contributed by atoms with Gasteiger partial charge in [-0.15, -0.1) is 11.3 Å². The van der Waals surface area contributed by atoms with Crippen LogP contribution in [0.5, 0.6) is 0 Å². The Hall–Kier alpha value is -0.910. The highest BCUT2D eigenvalue weighted by Crippen LogP contribution is 2.26. The van der Waals surface area contributed by atoms with Gasteiger partial charge in [0.1, 0.15) is 0 Å². The summed E-state index contributed by atoms with van der Waals surface area (Å²) in [6, 6.07) is 4.36. The summed E-state index contributed by atoms with van der Waals surface area (Å²) >= 11 is 1.72. The Bertz CT molecular complexity index is 391. The average molecular weight is 297 g/mol. The van der Waals surface area contributed by atoms with E-state index >= 15 is 0 Å². The molecule has 1 aromatic rings. The summed E-state index contributed by atoms with van der Waals surface area (Å²) in [7, 11) is 4.07. The van der Waals surface area contributed by atoms with Crippen LogP contribution in [0.25, 0.3) is 0 Å². The highest BCUT2D eigenvalue weighted by atomic mass is 32.1. The van der Waals surface area contributed by atoms with Gasteiger partial charge in [-0.3, -0.25) is 4.79 Å². The van der Waals surface area contributed by atoms with Gasteiger partial charge in [0, 0.05) is 18.0 Å². The third kappa shape index (κ3) is 3.81. The van der Waals surface area contributed by atoms with Crippen molar-refractivity contribution in [2.24, 2.45) is 11.1 Å². The maximum Gasteiger partial charge on any atom is 0.227 e. The minimum Gasteiger partial charge on any atom is -0.354 e. The fourth-order valence-electron chi connectivity index (χ4n) is 2.35. The molecule has 1 atom stereocenters. The second-order valence-corrected chi connectivity index (χ2v) is 6.38. The van der Waals surface area contributed by atoms with Gasteiger partial charge in [-0.25, -0.2) is 0 Å². The minimum absolute atomic E-state index is 0.0772. The van der Waals surface area contributed by atoms with Crippen molar-refractivity contribution in [3.8, 4) is 0 Å². The molecule has 0 aliphatic rings. The molecule has 20 heavy (non-hydrogen) atoms. The van der Waals surface area contributed by atoms with Gasteiger partial charge in [0.25, 0.3) is 0 Å². The molecule has 0 spiro atoms. The Morgan fingerprint density at radius 1 is 1.45 bits per heavy atom. The van der Waals surface area contributed by atoms with Crippen LogP contribution >= 0.6 is 11.3 Å². The average Bonchev–Trinajstić information content (AvgIpc) is 2.95. The lowest BCUT2D eigenvalue weighted by molar-refractivity contribution is -0.131. The first kappa shape index (κ1) is 17.1. The zero-order valence-corrected chi connectivity index (χ0v) is 13.8. The lowest BCUT2D eigenvalue weighted by Gasteiger charge is -2.30. The molecule has 0 bridgehead atoms. The molecule has 114 valence electrons. The molecular weight excluding hydrogens is 270 g/mol. The SMILES string of the molecule is CCC(CC)(CN)C(=O)NCC(c1cccs1)N(C)C. The van der Waals surface area contributed by atoms with Crippen molar-refractivity contribution in [2.75, 3.05) is 27.2 Å². The third-order valence-corrected chi connectivity index (χ3v) is 5.15. The van der Waals surface area contributed by atoms with E-state index in [0.29, 0.717) is 13.1 Å². The van der Waals surface area contributed by atoms with Crippen molar-refractivity contribution in [1.29, 1.82) is 0 Å². The Morgan fingerprint density at radius 3 is 2.50 bits per heavy atom. The Balaban J connectivity index is 2.71. The van der Waals surface area contributed by atoms with Crippen molar-refractivity contribution in [3.05, 3.63) is 22.4 Å². The fraction of sp³-hybridized carbons (Fsp3) is 0.667. The molecule has 0 fully saturated rings. The first-order chi connectivity index (χ1) is 9.50. The molecule has 1 rings (SSSR count). The number of carbonyl (C=O) groups excluding carboxylic acids is 1. The largest absolute Gasteiger partial charge is 0.354 e. The van der Waals surface area contributed by atoms with Crippen molar-refractivity contribution in [2.45, 2.75) is 32.7 Å². The summed E-state index contributed by atoms with van der Waals surface area (Å²) in [5, 5.41) is 5.16. The molecule has 5 heteroatoms. The summed E-state index contributed by atoms with van der Waals surface area (Å²) in [4.78, 5) is 15.8. The van der Waals surface area contributed by atoms with Crippen LogP contribution in [0.1, 0.15) is 37.6 Å². The summed E-state index contributed by atoms with van der Waals surface area (Å²) < 4.78 is 0.